The monoisotopic (exact) mass is 242 g/mol. The van der Waals surface area contributed by atoms with Crippen molar-refractivity contribution in [3.05, 3.63) is 11.1 Å². The number of aliphatic hydroxyl groups excluding tert-OH is 3. The van der Waals surface area contributed by atoms with E-state index in [9.17, 15) is 20.1 Å². The first-order valence-corrected chi connectivity index (χ1v) is 6.02. The van der Waals surface area contributed by atoms with Crippen LogP contribution in [-0.4, -0.2) is 45.7 Å². The number of carbonyl (C=O) groups excluding carboxylic acids is 1. The molecule has 17 heavy (non-hydrogen) atoms. The molecule has 0 spiro atoms. The topological polar surface area (TPSA) is 87.0 Å². The molecule has 4 atom stereocenters. The van der Waals surface area contributed by atoms with Gasteiger partial charge in [-0.05, 0) is 12.0 Å². The Morgan fingerprint density at radius 3 is 2.71 bits per heavy atom. The average Bonchev–Trinajstić information content (AvgIpc) is 2.26. The van der Waals surface area contributed by atoms with Crippen molar-refractivity contribution in [1.29, 1.82) is 0 Å². The maximum absolute atomic E-state index is 11.8. The van der Waals surface area contributed by atoms with Gasteiger partial charge in [-0.15, -0.1) is 0 Å². The smallest absolute Gasteiger partial charge is 0.337 e. The lowest BCUT2D eigenvalue weighted by Gasteiger charge is -2.36. The summed E-state index contributed by atoms with van der Waals surface area (Å²) in [4.78, 5) is 11.8. The van der Waals surface area contributed by atoms with Gasteiger partial charge in [0.1, 0.15) is 12.2 Å². The lowest BCUT2D eigenvalue weighted by molar-refractivity contribution is -0.150. The molecule has 0 fully saturated rings. The summed E-state index contributed by atoms with van der Waals surface area (Å²) >= 11 is 0. The van der Waals surface area contributed by atoms with Crippen LogP contribution in [0.25, 0.3) is 0 Å². The third kappa shape index (κ3) is 2.22. The molecule has 1 aliphatic heterocycles. The molecule has 0 amide bonds. The van der Waals surface area contributed by atoms with Gasteiger partial charge < -0.3 is 20.1 Å². The van der Waals surface area contributed by atoms with Crippen LogP contribution < -0.4 is 0 Å². The molecule has 2 aliphatic rings. The van der Waals surface area contributed by atoms with Crippen LogP contribution >= 0.6 is 0 Å². The SMILES string of the molecule is CCC[C@@H]1CC2=C(C(=O)O1)[C@@H](O)[C@H](O)C[C@@H]2O. The minimum Gasteiger partial charge on any atom is -0.459 e. The van der Waals surface area contributed by atoms with Gasteiger partial charge in [0.05, 0.1) is 17.8 Å². The quantitative estimate of drug-likeness (QED) is 0.588. The van der Waals surface area contributed by atoms with Crippen LogP contribution in [0.1, 0.15) is 32.6 Å². The molecular weight excluding hydrogens is 224 g/mol. The first-order valence-electron chi connectivity index (χ1n) is 6.02. The molecule has 5 heteroatoms. The zero-order chi connectivity index (χ0) is 12.6. The van der Waals surface area contributed by atoms with E-state index in [1.54, 1.807) is 0 Å². The number of hydrogen-bond donors (Lipinski definition) is 3. The van der Waals surface area contributed by atoms with E-state index in [-0.39, 0.29) is 18.1 Å². The minimum atomic E-state index is -1.23. The highest BCUT2D eigenvalue weighted by molar-refractivity contribution is 5.92. The summed E-state index contributed by atoms with van der Waals surface area (Å²) in [5, 5.41) is 29.1. The molecular formula is C12H18O5. The highest BCUT2D eigenvalue weighted by Gasteiger charge is 2.42. The van der Waals surface area contributed by atoms with Crippen molar-refractivity contribution in [2.45, 2.75) is 57.0 Å². The van der Waals surface area contributed by atoms with Gasteiger partial charge in [0.15, 0.2) is 0 Å². The number of cyclic esters (lactones) is 1. The summed E-state index contributed by atoms with van der Waals surface area (Å²) in [6.07, 6.45) is -1.23. The first-order chi connectivity index (χ1) is 8.04. The lowest BCUT2D eigenvalue weighted by Crippen LogP contribution is -2.45. The molecule has 2 rings (SSSR count). The highest BCUT2D eigenvalue weighted by Crippen LogP contribution is 2.35. The van der Waals surface area contributed by atoms with Crippen molar-refractivity contribution < 1.29 is 24.9 Å². The van der Waals surface area contributed by atoms with Crippen LogP contribution in [0.4, 0.5) is 0 Å². The second-order valence-electron chi connectivity index (χ2n) is 4.72. The van der Waals surface area contributed by atoms with Gasteiger partial charge in [-0.2, -0.15) is 0 Å². The molecule has 1 heterocycles. The van der Waals surface area contributed by atoms with Crippen LogP contribution in [-0.2, 0) is 9.53 Å². The largest absolute Gasteiger partial charge is 0.459 e. The Bertz CT molecular complexity index is 349. The molecule has 96 valence electrons. The van der Waals surface area contributed by atoms with E-state index < -0.39 is 24.3 Å². The van der Waals surface area contributed by atoms with E-state index in [1.165, 1.54) is 0 Å². The van der Waals surface area contributed by atoms with Gasteiger partial charge in [-0.1, -0.05) is 13.3 Å². The van der Waals surface area contributed by atoms with E-state index in [4.69, 9.17) is 4.74 Å². The van der Waals surface area contributed by atoms with Gasteiger partial charge in [-0.3, -0.25) is 0 Å². The van der Waals surface area contributed by atoms with Gasteiger partial charge >= 0.3 is 5.97 Å². The molecule has 0 bridgehead atoms. The van der Waals surface area contributed by atoms with Crippen molar-refractivity contribution in [1.82, 2.24) is 0 Å². The Morgan fingerprint density at radius 1 is 1.35 bits per heavy atom. The predicted octanol–water partition coefficient (Wildman–Crippen LogP) is -0.115. The average molecular weight is 242 g/mol. The number of ether oxygens (including phenoxy) is 1. The van der Waals surface area contributed by atoms with Gasteiger partial charge in [0, 0.05) is 12.8 Å². The van der Waals surface area contributed by atoms with Crippen molar-refractivity contribution in [2.75, 3.05) is 0 Å². The molecule has 0 saturated carbocycles. The highest BCUT2D eigenvalue weighted by atomic mass is 16.5. The Morgan fingerprint density at radius 2 is 2.06 bits per heavy atom. The van der Waals surface area contributed by atoms with Crippen LogP contribution in [0.3, 0.4) is 0 Å². The van der Waals surface area contributed by atoms with Crippen molar-refractivity contribution >= 4 is 5.97 Å². The van der Waals surface area contributed by atoms with Gasteiger partial charge in [0.25, 0.3) is 0 Å². The first kappa shape index (κ1) is 12.5. The van der Waals surface area contributed by atoms with E-state index in [0.717, 1.165) is 12.8 Å². The molecule has 0 aromatic carbocycles. The third-order valence-corrected chi connectivity index (χ3v) is 3.43. The molecule has 1 aliphatic carbocycles. The number of rotatable bonds is 2. The van der Waals surface area contributed by atoms with Crippen LogP contribution in [0.5, 0.6) is 0 Å². The molecule has 5 nitrogen and oxygen atoms in total. The normalized spacial score (nSPS) is 37.8. The summed E-state index contributed by atoms with van der Waals surface area (Å²) in [6, 6.07) is 0. The zero-order valence-corrected chi connectivity index (χ0v) is 9.80. The summed E-state index contributed by atoms with van der Waals surface area (Å²) < 4.78 is 5.18. The van der Waals surface area contributed by atoms with Crippen LogP contribution in [0.15, 0.2) is 11.1 Å². The molecule has 0 aromatic rings. The molecule has 0 unspecified atom stereocenters. The summed E-state index contributed by atoms with van der Waals surface area (Å²) in [7, 11) is 0. The number of hydrogen-bond acceptors (Lipinski definition) is 5. The molecule has 0 radical (unpaired) electrons. The summed E-state index contributed by atoms with van der Waals surface area (Å²) in [6.45, 7) is 1.99. The van der Waals surface area contributed by atoms with Gasteiger partial charge in [0.2, 0.25) is 0 Å². The van der Waals surface area contributed by atoms with E-state index in [2.05, 4.69) is 0 Å². The summed E-state index contributed by atoms with van der Waals surface area (Å²) in [5.74, 6) is -0.602. The van der Waals surface area contributed by atoms with E-state index >= 15 is 0 Å². The fourth-order valence-corrected chi connectivity index (χ4v) is 2.54. The number of aliphatic hydroxyl groups is 3. The van der Waals surface area contributed by atoms with Crippen molar-refractivity contribution in [3.63, 3.8) is 0 Å². The minimum absolute atomic E-state index is 0.0589. The summed E-state index contributed by atoms with van der Waals surface area (Å²) in [5.41, 5.74) is 0.598. The number of carbonyl (C=O) groups is 1. The Labute approximate surface area is 99.7 Å². The van der Waals surface area contributed by atoms with Crippen LogP contribution in [0, 0.1) is 0 Å². The molecule has 3 N–H and O–H groups in total. The Balaban J connectivity index is 2.28. The fourth-order valence-electron chi connectivity index (χ4n) is 2.54. The third-order valence-electron chi connectivity index (χ3n) is 3.43. The standard InChI is InChI=1S/C12H18O5/c1-2-3-6-4-7-8(13)5-9(14)11(15)10(7)12(16)17-6/h6,8-9,11,13-15H,2-5H2,1H3/t6-,8+,9-,11+/m1/s1. The van der Waals surface area contributed by atoms with E-state index in [0.29, 0.717) is 12.0 Å². The Hall–Kier alpha value is -0.910. The molecule has 0 aromatic heterocycles. The zero-order valence-electron chi connectivity index (χ0n) is 9.80. The predicted molar refractivity (Wildman–Crippen MR) is 59.1 cm³/mol. The fraction of sp³-hybridized carbons (Fsp3) is 0.750. The van der Waals surface area contributed by atoms with Crippen LogP contribution in [0.2, 0.25) is 0 Å². The maximum Gasteiger partial charge on any atom is 0.337 e. The maximum atomic E-state index is 11.8. The second-order valence-corrected chi connectivity index (χ2v) is 4.72. The van der Waals surface area contributed by atoms with Crippen molar-refractivity contribution in [3.8, 4) is 0 Å². The van der Waals surface area contributed by atoms with Crippen molar-refractivity contribution in [2.24, 2.45) is 0 Å². The number of esters is 1. The second kappa shape index (κ2) is 4.76. The lowest BCUT2D eigenvalue weighted by atomic mass is 9.81. The van der Waals surface area contributed by atoms with Gasteiger partial charge in [-0.25, -0.2) is 4.79 Å². The Kier molecular flexibility index (Phi) is 3.51. The van der Waals surface area contributed by atoms with E-state index in [1.807, 2.05) is 6.92 Å². The molecule has 0 saturated heterocycles.